The molecule has 1 aromatic heterocycles. The number of amides is 1. The van der Waals surface area contributed by atoms with Crippen LogP contribution in [0.2, 0.25) is 5.02 Å². The molecule has 8 nitrogen and oxygen atoms in total. The van der Waals surface area contributed by atoms with Gasteiger partial charge in [0, 0.05) is 13.1 Å². The van der Waals surface area contributed by atoms with E-state index in [-0.39, 0.29) is 28.1 Å². The second kappa shape index (κ2) is 9.81. The Morgan fingerprint density at radius 2 is 1.81 bits per heavy atom. The number of halogens is 1. The van der Waals surface area contributed by atoms with Gasteiger partial charge in [0.1, 0.15) is 6.33 Å². The van der Waals surface area contributed by atoms with Crippen molar-refractivity contribution in [1.82, 2.24) is 14.3 Å². The first kappa shape index (κ1) is 22.4. The highest BCUT2D eigenvalue weighted by Gasteiger charge is 2.26. The maximum Gasteiger partial charge on any atom is 0.262 e. The molecule has 0 atom stereocenters. The summed E-state index contributed by atoms with van der Waals surface area (Å²) in [5.41, 5.74) is 0.913. The normalized spacial score (nSPS) is 15.3. The van der Waals surface area contributed by atoms with Gasteiger partial charge < -0.3 is 10.1 Å². The summed E-state index contributed by atoms with van der Waals surface area (Å²) in [4.78, 5) is 20.8. The van der Waals surface area contributed by atoms with Crippen LogP contribution in [0.1, 0.15) is 25.7 Å². The van der Waals surface area contributed by atoms with Gasteiger partial charge in [-0.3, -0.25) is 4.79 Å². The first-order valence-corrected chi connectivity index (χ1v) is 12.2. The van der Waals surface area contributed by atoms with E-state index >= 15 is 0 Å². The number of carbonyl (C=O) groups is 1. The number of fused-ring (bicyclic) bond motifs is 1. The molecule has 0 spiro atoms. The molecule has 1 fully saturated rings. The van der Waals surface area contributed by atoms with Gasteiger partial charge in [-0.15, -0.1) is 0 Å². The Morgan fingerprint density at radius 1 is 1.06 bits per heavy atom. The molecule has 2 aromatic carbocycles. The lowest BCUT2D eigenvalue weighted by Gasteiger charge is -2.20. The van der Waals surface area contributed by atoms with Gasteiger partial charge in [-0.05, 0) is 43.2 Å². The number of ether oxygens (including phenoxy) is 1. The van der Waals surface area contributed by atoms with Crippen molar-refractivity contribution in [2.24, 2.45) is 0 Å². The van der Waals surface area contributed by atoms with E-state index in [1.54, 1.807) is 6.07 Å². The van der Waals surface area contributed by atoms with Crippen LogP contribution in [-0.4, -0.2) is 48.3 Å². The number of anilines is 1. The maximum absolute atomic E-state index is 13.1. The van der Waals surface area contributed by atoms with E-state index in [1.807, 2.05) is 18.2 Å². The zero-order chi connectivity index (χ0) is 22.6. The predicted octanol–water partition coefficient (Wildman–Crippen LogP) is 3.87. The lowest BCUT2D eigenvalue weighted by atomic mass is 10.2. The zero-order valence-corrected chi connectivity index (χ0v) is 18.9. The lowest BCUT2D eigenvalue weighted by molar-refractivity contribution is -0.118. The first-order valence-electron chi connectivity index (χ1n) is 10.4. The molecule has 1 aliphatic heterocycles. The Kier molecular flexibility index (Phi) is 6.88. The van der Waals surface area contributed by atoms with E-state index in [0.717, 1.165) is 25.7 Å². The van der Waals surface area contributed by atoms with Crippen LogP contribution in [0.3, 0.4) is 0 Å². The van der Waals surface area contributed by atoms with E-state index in [0.29, 0.717) is 24.0 Å². The number of hydrogen-bond donors (Lipinski definition) is 1. The molecule has 32 heavy (non-hydrogen) atoms. The molecule has 4 rings (SSSR count). The minimum absolute atomic E-state index is 0.0989. The topological polar surface area (TPSA) is 101 Å². The Labute approximate surface area is 191 Å². The van der Waals surface area contributed by atoms with Gasteiger partial charge in [0.05, 0.1) is 26.5 Å². The summed E-state index contributed by atoms with van der Waals surface area (Å²) in [6.07, 6.45) is 5.09. The Bertz CT molecular complexity index is 1220. The van der Waals surface area contributed by atoms with Crippen LogP contribution in [0.5, 0.6) is 5.88 Å². The maximum atomic E-state index is 13.1. The van der Waals surface area contributed by atoms with Gasteiger partial charge in [0.15, 0.2) is 6.61 Å². The Morgan fingerprint density at radius 3 is 2.59 bits per heavy atom. The fourth-order valence-corrected chi connectivity index (χ4v) is 5.32. The molecule has 0 saturated carbocycles. The van der Waals surface area contributed by atoms with Crippen molar-refractivity contribution < 1.29 is 17.9 Å². The van der Waals surface area contributed by atoms with Gasteiger partial charge >= 0.3 is 0 Å². The number of benzene rings is 2. The summed E-state index contributed by atoms with van der Waals surface area (Å²) in [5.74, 6) is -0.201. The molecule has 1 saturated heterocycles. The third-order valence-electron chi connectivity index (χ3n) is 5.26. The number of nitrogens with one attached hydrogen (secondary N) is 1. The average molecular weight is 475 g/mol. The molecule has 10 heteroatoms. The first-order chi connectivity index (χ1) is 15.4. The predicted molar refractivity (Wildman–Crippen MR) is 122 cm³/mol. The fraction of sp³-hybridized carbons (Fsp3) is 0.318. The molecule has 3 aromatic rings. The van der Waals surface area contributed by atoms with E-state index in [1.165, 1.54) is 28.8 Å². The SMILES string of the molecule is O=C(COc1ncnc2ccccc12)Nc1cc(S(=O)(=O)N2CCCCCC2)ccc1Cl. The quantitative estimate of drug-likeness (QED) is 0.582. The van der Waals surface area contributed by atoms with Crippen LogP contribution in [-0.2, 0) is 14.8 Å². The Hall–Kier alpha value is -2.75. The summed E-state index contributed by atoms with van der Waals surface area (Å²) in [7, 11) is -3.66. The zero-order valence-electron chi connectivity index (χ0n) is 17.3. The third-order valence-corrected chi connectivity index (χ3v) is 7.49. The molecular weight excluding hydrogens is 452 g/mol. The minimum atomic E-state index is -3.66. The molecule has 0 unspecified atom stereocenters. The van der Waals surface area contributed by atoms with Crippen molar-refractivity contribution in [1.29, 1.82) is 0 Å². The van der Waals surface area contributed by atoms with Crippen molar-refractivity contribution in [3.05, 3.63) is 53.8 Å². The van der Waals surface area contributed by atoms with Crippen LogP contribution in [0.4, 0.5) is 5.69 Å². The highest BCUT2D eigenvalue weighted by Crippen LogP contribution is 2.28. The highest BCUT2D eigenvalue weighted by molar-refractivity contribution is 7.89. The number of para-hydroxylation sites is 1. The van der Waals surface area contributed by atoms with Gasteiger partial charge in [-0.25, -0.2) is 18.4 Å². The molecule has 2 heterocycles. The summed E-state index contributed by atoms with van der Waals surface area (Å²) >= 11 is 6.21. The van der Waals surface area contributed by atoms with Crippen LogP contribution in [0.25, 0.3) is 10.9 Å². The number of sulfonamides is 1. The summed E-state index contributed by atoms with van der Waals surface area (Å²) < 4.78 is 33.2. The van der Waals surface area contributed by atoms with Crippen LogP contribution < -0.4 is 10.1 Å². The smallest absolute Gasteiger partial charge is 0.262 e. The second-order valence-electron chi connectivity index (χ2n) is 7.49. The number of rotatable bonds is 6. The second-order valence-corrected chi connectivity index (χ2v) is 9.84. The molecule has 0 aliphatic carbocycles. The van der Waals surface area contributed by atoms with Crippen molar-refractivity contribution in [2.75, 3.05) is 25.0 Å². The fourth-order valence-electron chi connectivity index (χ4n) is 3.61. The number of carbonyl (C=O) groups excluding carboxylic acids is 1. The number of hydrogen-bond acceptors (Lipinski definition) is 6. The number of aromatic nitrogens is 2. The van der Waals surface area contributed by atoms with E-state index in [9.17, 15) is 13.2 Å². The lowest BCUT2D eigenvalue weighted by Crippen LogP contribution is -2.32. The van der Waals surface area contributed by atoms with Gasteiger partial charge in [0.25, 0.3) is 5.91 Å². The van der Waals surface area contributed by atoms with Crippen LogP contribution in [0, 0.1) is 0 Å². The molecular formula is C22H23ClN4O4S. The van der Waals surface area contributed by atoms with Crippen molar-refractivity contribution in [2.45, 2.75) is 30.6 Å². The van der Waals surface area contributed by atoms with Crippen molar-refractivity contribution in [3.63, 3.8) is 0 Å². The summed E-state index contributed by atoms with van der Waals surface area (Å²) in [6.45, 7) is 0.668. The van der Waals surface area contributed by atoms with Crippen molar-refractivity contribution >= 4 is 44.1 Å². The molecule has 0 radical (unpaired) electrons. The Balaban J connectivity index is 1.47. The third kappa shape index (κ3) is 5.01. The van der Waals surface area contributed by atoms with Crippen LogP contribution >= 0.6 is 11.6 Å². The molecule has 1 aliphatic rings. The van der Waals surface area contributed by atoms with Gasteiger partial charge in [0.2, 0.25) is 15.9 Å². The van der Waals surface area contributed by atoms with E-state index in [4.69, 9.17) is 16.3 Å². The monoisotopic (exact) mass is 474 g/mol. The minimum Gasteiger partial charge on any atom is -0.467 e. The standard InChI is InChI=1S/C22H23ClN4O4S/c23-18-10-9-16(32(29,30)27-11-5-1-2-6-12-27)13-20(18)26-21(28)14-31-22-17-7-3-4-8-19(17)24-15-25-22/h3-4,7-10,13,15H,1-2,5-6,11-12,14H2,(H,26,28). The molecule has 1 N–H and O–H groups in total. The van der Waals surface area contributed by atoms with Gasteiger partial charge in [-0.2, -0.15) is 4.31 Å². The molecule has 1 amide bonds. The van der Waals surface area contributed by atoms with E-state index < -0.39 is 15.9 Å². The molecule has 0 bridgehead atoms. The summed E-state index contributed by atoms with van der Waals surface area (Å²) in [5, 5.41) is 3.56. The summed E-state index contributed by atoms with van der Waals surface area (Å²) in [6, 6.07) is 11.6. The van der Waals surface area contributed by atoms with Crippen LogP contribution in [0.15, 0.2) is 53.7 Å². The average Bonchev–Trinajstić information content (AvgIpc) is 3.09. The van der Waals surface area contributed by atoms with Gasteiger partial charge in [-0.1, -0.05) is 36.6 Å². The highest BCUT2D eigenvalue weighted by atomic mass is 35.5. The van der Waals surface area contributed by atoms with Crippen molar-refractivity contribution in [3.8, 4) is 5.88 Å². The number of nitrogens with zero attached hydrogens (tertiary/aromatic N) is 3. The van der Waals surface area contributed by atoms with E-state index in [2.05, 4.69) is 15.3 Å². The molecule has 168 valence electrons. The largest absolute Gasteiger partial charge is 0.467 e.